The molecule has 0 unspecified atom stereocenters. The lowest BCUT2D eigenvalue weighted by Crippen LogP contribution is -1.88. The molecule has 1 heterocycles. The zero-order chi connectivity index (χ0) is 9.97. The molecule has 0 saturated heterocycles. The molecule has 0 atom stereocenters. The third-order valence-electron chi connectivity index (χ3n) is 1.48. The van der Waals surface area contributed by atoms with E-state index in [-0.39, 0.29) is 0 Å². The second-order valence-electron chi connectivity index (χ2n) is 2.50. The molecule has 3 nitrogen and oxygen atoms in total. The van der Waals surface area contributed by atoms with E-state index in [1.165, 1.54) is 11.3 Å². The van der Waals surface area contributed by atoms with Crippen molar-refractivity contribution < 1.29 is 0 Å². The van der Waals surface area contributed by atoms with E-state index >= 15 is 0 Å². The maximum atomic E-state index is 3.94. The first-order chi connectivity index (χ1) is 6.74. The number of hydrogen-bond acceptors (Lipinski definition) is 4. The Morgan fingerprint density at radius 2 is 2.07 bits per heavy atom. The zero-order valence-electron chi connectivity index (χ0n) is 6.87. The van der Waals surface area contributed by atoms with Crippen molar-refractivity contribution in [1.82, 2.24) is 10.2 Å². The maximum absolute atomic E-state index is 3.94. The van der Waals surface area contributed by atoms with Crippen LogP contribution in [0.25, 0.3) is 0 Å². The lowest BCUT2D eigenvalue weighted by atomic mass is 10.3. The third kappa shape index (κ3) is 2.52. The van der Waals surface area contributed by atoms with Crippen LogP contribution in [-0.2, 0) is 0 Å². The highest BCUT2D eigenvalue weighted by Gasteiger charge is 2.01. The first-order valence-corrected chi connectivity index (χ1v) is 6.16. The molecule has 1 aromatic carbocycles. The molecule has 14 heavy (non-hydrogen) atoms. The highest BCUT2D eigenvalue weighted by atomic mass is 79.9. The van der Waals surface area contributed by atoms with Crippen molar-refractivity contribution in [2.24, 2.45) is 0 Å². The van der Waals surface area contributed by atoms with Gasteiger partial charge in [-0.1, -0.05) is 33.3 Å². The normalized spacial score (nSPS) is 10.1. The number of nitrogens with one attached hydrogen (secondary N) is 1. The predicted octanol–water partition coefficient (Wildman–Crippen LogP) is 3.81. The van der Waals surface area contributed by atoms with E-state index in [1.54, 1.807) is 0 Å². The summed E-state index contributed by atoms with van der Waals surface area (Å²) in [5, 5.41) is 11.7. The summed E-state index contributed by atoms with van der Waals surface area (Å²) in [5.74, 6) is 0. The van der Waals surface area contributed by atoms with Crippen LogP contribution in [0.1, 0.15) is 0 Å². The monoisotopic (exact) mass is 333 g/mol. The average molecular weight is 335 g/mol. The van der Waals surface area contributed by atoms with E-state index in [4.69, 9.17) is 0 Å². The van der Waals surface area contributed by atoms with Crippen LogP contribution in [0, 0.1) is 0 Å². The van der Waals surface area contributed by atoms with Crippen LogP contribution in [0.2, 0.25) is 0 Å². The van der Waals surface area contributed by atoms with Crippen molar-refractivity contribution in [3.05, 3.63) is 32.7 Å². The molecule has 0 fully saturated rings. The van der Waals surface area contributed by atoms with Gasteiger partial charge < -0.3 is 5.32 Å². The van der Waals surface area contributed by atoms with Crippen molar-refractivity contribution in [2.75, 3.05) is 5.32 Å². The van der Waals surface area contributed by atoms with Gasteiger partial charge in [0.2, 0.25) is 5.13 Å². The van der Waals surface area contributed by atoms with Crippen molar-refractivity contribution in [3.8, 4) is 0 Å². The van der Waals surface area contributed by atoms with Crippen LogP contribution < -0.4 is 5.32 Å². The maximum Gasteiger partial charge on any atom is 0.210 e. The molecule has 0 radical (unpaired) electrons. The minimum atomic E-state index is 0.773. The Labute approximate surface area is 102 Å². The molecule has 6 heteroatoms. The van der Waals surface area contributed by atoms with Crippen molar-refractivity contribution in [3.63, 3.8) is 0 Å². The summed E-state index contributed by atoms with van der Waals surface area (Å²) >= 11 is 8.11. The summed E-state index contributed by atoms with van der Waals surface area (Å²) in [6, 6.07) is 7.89. The number of aromatic nitrogens is 2. The quantitative estimate of drug-likeness (QED) is 0.907. The summed E-state index contributed by atoms with van der Waals surface area (Å²) in [6.45, 7) is 0. The fraction of sp³-hybridized carbons (Fsp3) is 0. The van der Waals surface area contributed by atoms with Crippen LogP contribution in [-0.4, -0.2) is 10.2 Å². The molecule has 0 aliphatic rings. The van der Waals surface area contributed by atoms with E-state index in [2.05, 4.69) is 47.4 Å². The van der Waals surface area contributed by atoms with E-state index in [9.17, 15) is 0 Å². The van der Waals surface area contributed by atoms with E-state index in [0.717, 1.165) is 19.2 Å². The highest BCUT2D eigenvalue weighted by Crippen LogP contribution is 2.25. The van der Waals surface area contributed by atoms with Crippen molar-refractivity contribution >= 4 is 54.0 Å². The molecule has 0 aliphatic carbocycles. The number of nitrogens with zero attached hydrogens (tertiary/aromatic N) is 2. The predicted molar refractivity (Wildman–Crippen MR) is 65.0 cm³/mol. The Hall–Kier alpha value is -0.460. The van der Waals surface area contributed by atoms with Crippen LogP contribution in [0.4, 0.5) is 10.8 Å². The molecular formula is C8H5Br2N3S. The van der Waals surface area contributed by atoms with Crippen molar-refractivity contribution in [1.29, 1.82) is 0 Å². The van der Waals surface area contributed by atoms with Crippen LogP contribution >= 0.6 is 43.2 Å². The van der Waals surface area contributed by atoms with E-state index in [0.29, 0.717) is 0 Å². The number of anilines is 2. The molecule has 2 aromatic rings. The number of benzene rings is 1. The fourth-order valence-corrected chi connectivity index (χ4v) is 2.38. The molecule has 0 saturated carbocycles. The van der Waals surface area contributed by atoms with Gasteiger partial charge in [-0.05, 0) is 34.1 Å². The van der Waals surface area contributed by atoms with Gasteiger partial charge in [0, 0.05) is 10.2 Å². The van der Waals surface area contributed by atoms with Crippen LogP contribution in [0.15, 0.2) is 32.7 Å². The molecule has 0 amide bonds. The average Bonchev–Trinajstić information content (AvgIpc) is 2.51. The smallest absolute Gasteiger partial charge is 0.210 e. The summed E-state index contributed by atoms with van der Waals surface area (Å²) in [6.07, 6.45) is 0. The van der Waals surface area contributed by atoms with Crippen LogP contribution in [0.5, 0.6) is 0 Å². The Morgan fingerprint density at radius 1 is 1.21 bits per heavy atom. The van der Waals surface area contributed by atoms with Gasteiger partial charge in [0.15, 0.2) is 3.92 Å². The van der Waals surface area contributed by atoms with E-state index < -0.39 is 0 Å². The fourth-order valence-electron chi connectivity index (χ4n) is 0.946. The lowest BCUT2D eigenvalue weighted by molar-refractivity contribution is 1.07. The third-order valence-corrected chi connectivity index (χ3v) is 3.24. The highest BCUT2D eigenvalue weighted by molar-refractivity contribution is 9.11. The molecule has 2 rings (SSSR count). The van der Waals surface area contributed by atoms with Gasteiger partial charge in [-0.25, -0.2) is 0 Å². The SMILES string of the molecule is Brc1cccc(Nc2nnc(Br)s2)c1. The Kier molecular flexibility index (Phi) is 3.15. The Morgan fingerprint density at radius 3 is 2.71 bits per heavy atom. The van der Waals surface area contributed by atoms with Crippen molar-refractivity contribution in [2.45, 2.75) is 0 Å². The number of halogens is 2. The van der Waals surface area contributed by atoms with E-state index in [1.807, 2.05) is 24.3 Å². The van der Waals surface area contributed by atoms with Crippen LogP contribution in [0.3, 0.4) is 0 Å². The minimum absolute atomic E-state index is 0.773. The molecule has 0 bridgehead atoms. The van der Waals surface area contributed by atoms with Gasteiger partial charge in [0.1, 0.15) is 0 Å². The summed E-state index contributed by atoms with van der Waals surface area (Å²) in [5.41, 5.74) is 0.989. The van der Waals surface area contributed by atoms with Gasteiger partial charge in [-0.15, -0.1) is 10.2 Å². The first kappa shape index (κ1) is 10.1. The summed E-state index contributed by atoms with van der Waals surface area (Å²) < 4.78 is 1.81. The topological polar surface area (TPSA) is 37.8 Å². The molecule has 1 N–H and O–H groups in total. The summed E-state index contributed by atoms with van der Waals surface area (Å²) in [4.78, 5) is 0. The number of rotatable bonds is 2. The number of hydrogen-bond donors (Lipinski definition) is 1. The molecular weight excluding hydrogens is 330 g/mol. The standard InChI is InChI=1S/C8H5Br2N3S/c9-5-2-1-3-6(4-5)11-8-13-12-7(10)14-8/h1-4H,(H,11,13). The molecule has 0 aliphatic heterocycles. The molecule has 1 aromatic heterocycles. The molecule has 72 valence electrons. The van der Waals surface area contributed by atoms with Gasteiger partial charge in [-0.2, -0.15) is 0 Å². The summed E-state index contributed by atoms with van der Waals surface area (Å²) in [7, 11) is 0. The van der Waals surface area contributed by atoms with Gasteiger partial charge >= 0.3 is 0 Å². The lowest BCUT2D eigenvalue weighted by Gasteiger charge is -2.00. The van der Waals surface area contributed by atoms with Gasteiger partial charge in [-0.3, -0.25) is 0 Å². The minimum Gasteiger partial charge on any atom is -0.330 e. The Bertz CT molecular complexity index is 444. The molecule has 0 spiro atoms. The van der Waals surface area contributed by atoms with Gasteiger partial charge in [0.25, 0.3) is 0 Å². The first-order valence-electron chi connectivity index (χ1n) is 3.75. The van der Waals surface area contributed by atoms with Gasteiger partial charge in [0.05, 0.1) is 0 Å². The Balaban J connectivity index is 2.18. The largest absolute Gasteiger partial charge is 0.330 e. The zero-order valence-corrected chi connectivity index (χ0v) is 10.9. The second-order valence-corrected chi connectivity index (χ2v) is 5.66. The second kappa shape index (κ2) is 4.37.